The van der Waals surface area contributed by atoms with Crippen LogP contribution in [0.3, 0.4) is 0 Å². The number of hydrogen-bond acceptors (Lipinski definition) is 4. The smallest absolute Gasteiger partial charge is 0.273 e. The summed E-state index contributed by atoms with van der Waals surface area (Å²) >= 11 is 6.13. The number of hydrogen-bond donors (Lipinski definition) is 2. The molecule has 0 saturated heterocycles. The molecule has 2 aromatic rings. The number of hydrazone groups is 1. The van der Waals surface area contributed by atoms with E-state index in [9.17, 15) is 4.79 Å². The van der Waals surface area contributed by atoms with Crippen molar-refractivity contribution in [1.29, 1.82) is 0 Å². The lowest BCUT2D eigenvalue weighted by Gasteiger charge is -2.07. The number of rotatable bonds is 6. The lowest BCUT2D eigenvalue weighted by Crippen LogP contribution is -2.18. The van der Waals surface area contributed by atoms with E-state index >= 15 is 0 Å². The Bertz CT molecular complexity index is 717. The molecular formula is C17H18ClN3O2. The highest BCUT2D eigenvalue weighted by molar-refractivity contribution is 6.32. The first-order valence-corrected chi connectivity index (χ1v) is 7.60. The Morgan fingerprint density at radius 3 is 2.83 bits per heavy atom. The fourth-order valence-electron chi connectivity index (χ4n) is 1.86. The van der Waals surface area contributed by atoms with E-state index in [1.165, 1.54) is 6.21 Å². The lowest BCUT2D eigenvalue weighted by molar-refractivity contribution is 0.0956. The van der Waals surface area contributed by atoms with Crippen LogP contribution in [0.15, 0.2) is 47.6 Å². The third-order valence-electron chi connectivity index (χ3n) is 3.00. The van der Waals surface area contributed by atoms with Gasteiger partial charge in [0, 0.05) is 5.69 Å². The summed E-state index contributed by atoms with van der Waals surface area (Å²) in [4.78, 5) is 11.9. The normalized spacial score (nSPS) is 10.7. The van der Waals surface area contributed by atoms with E-state index in [4.69, 9.17) is 22.1 Å². The second-order valence-corrected chi connectivity index (χ2v) is 5.23. The maximum Gasteiger partial charge on any atom is 0.273 e. The minimum atomic E-state index is -0.367. The highest BCUT2D eigenvalue weighted by atomic mass is 35.5. The predicted molar refractivity (Wildman–Crippen MR) is 93.2 cm³/mol. The van der Waals surface area contributed by atoms with Crippen LogP contribution in [0.5, 0.6) is 5.75 Å². The molecule has 0 aliphatic heterocycles. The Morgan fingerprint density at radius 2 is 2.13 bits per heavy atom. The average molecular weight is 332 g/mol. The van der Waals surface area contributed by atoms with E-state index in [1.54, 1.807) is 36.4 Å². The number of para-hydroxylation sites is 1. The van der Waals surface area contributed by atoms with Crippen LogP contribution < -0.4 is 15.9 Å². The first-order chi connectivity index (χ1) is 11.1. The largest absolute Gasteiger partial charge is 0.492 e. The molecule has 0 saturated carbocycles. The van der Waals surface area contributed by atoms with Gasteiger partial charge in [-0.1, -0.05) is 30.7 Å². The fourth-order valence-corrected chi connectivity index (χ4v) is 2.10. The van der Waals surface area contributed by atoms with Crippen molar-refractivity contribution in [1.82, 2.24) is 5.43 Å². The fraction of sp³-hybridized carbons (Fsp3) is 0.176. The SMILES string of the molecule is CCCOc1ccc(/C=N\NC(=O)c2ccccc2N)cc1Cl. The maximum absolute atomic E-state index is 11.9. The van der Waals surface area contributed by atoms with E-state index in [2.05, 4.69) is 10.5 Å². The molecule has 6 heteroatoms. The summed E-state index contributed by atoms with van der Waals surface area (Å²) in [6.07, 6.45) is 2.42. The third-order valence-corrected chi connectivity index (χ3v) is 3.30. The molecule has 0 unspecified atom stereocenters. The number of ether oxygens (including phenoxy) is 1. The minimum Gasteiger partial charge on any atom is -0.492 e. The summed E-state index contributed by atoms with van der Waals surface area (Å²) in [7, 11) is 0. The van der Waals surface area contributed by atoms with Crippen molar-refractivity contribution >= 4 is 29.4 Å². The standard InChI is InChI=1S/C17H18ClN3O2/c1-2-9-23-16-8-7-12(10-14(16)18)11-20-21-17(22)13-5-3-4-6-15(13)19/h3-8,10-11H,2,9,19H2,1H3,(H,21,22)/b20-11-. The van der Waals surface area contributed by atoms with Gasteiger partial charge in [-0.2, -0.15) is 5.10 Å². The van der Waals surface area contributed by atoms with Crippen molar-refractivity contribution in [3.63, 3.8) is 0 Å². The number of nitrogens with two attached hydrogens (primary N) is 1. The molecule has 0 spiro atoms. The molecule has 0 radical (unpaired) electrons. The number of carbonyl (C=O) groups is 1. The Balaban J connectivity index is 1.99. The van der Waals surface area contributed by atoms with Gasteiger partial charge < -0.3 is 10.5 Å². The van der Waals surface area contributed by atoms with Crippen molar-refractivity contribution in [3.8, 4) is 5.75 Å². The first-order valence-electron chi connectivity index (χ1n) is 7.22. The lowest BCUT2D eigenvalue weighted by atomic mass is 10.2. The van der Waals surface area contributed by atoms with Crippen LogP contribution in [0.1, 0.15) is 29.3 Å². The van der Waals surface area contributed by atoms with Gasteiger partial charge in [0.2, 0.25) is 0 Å². The molecule has 0 aromatic heterocycles. The number of nitrogens with one attached hydrogen (secondary N) is 1. The molecule has 0 fully saturated rings. The van der Waals surface area contributed by atoms with Gasteiger partial charge in [-0.05, 0) is 42.3 Å². The number of anilines is 1. The molecule has 5 nitrogen and oxygen atoms in total. The molecule has 0 atom stereocenters. The molecule has 3 N–H and O–H groups in total. The summed E-state index contributed by atoms with van der Waals surface area (Å²) < 4.78 is 5.49. The van der Waals surface area contributed by atoms with Crippen molar-refractivity contribution in [2.75, 3.05) is 12.3 Å². The summed E-state index contributed by atoms with van der Waals surface area (Å²) in [5, 5.41) is 4.41. The van der Waals surface area contributed by atoms with Crippen molar-refractivity contribution < 1.29 is 9.53 Å². The monoisotopic (exact) mass is 331 g/mol. The number of carbonyl (C=O) groups excluding carboxylic acids is 1. The van der Waals surface area contributed by atoms with Crippen LogP contribution in [0.2, 0.25) is 5.02 Å². The zero-order valence-corrected chi connectivity index (χ0v) is 13.5. The summed E-state index contributed by atoms with van der Waals surface area (Å²) in [5.74, 6) is 0.264. The van der Waals surface area contributed by atoms with E-state index in [-0.39, 0.29) is 5.91 Å². The van der Waals surface area contributed by atoms with E-state index < -0.39 is 0 Å². The van der Waals surface area contributed by atoms with Gasteiger partial charge in [0.05, 0.1) is 23.4 Å². The van der Waals surface area contributed by atoms with Crippen LogP contribution in [0, 0.1) is 0 Å². The number of halogens is 1. The molecule has 2 rings (SSSR count). The van der Waals surface area contributed by atoms with E-state index in [1.807, 2.05) is 13.0 Å². The zero-order valence-electron chi connectivity index (χ0n) is 12.8. The van der Waals surface area contributed by atoms with Crippen LogP contribution in [0.25, 0.3) is 0 Å². The average Bonchev–Trinajstić information content (AvgIpc) is 2.54. The Labute approximate surface area is 140 Å². The summed E-state index contributed by atoms with van der Waals surface area (Å²) in [6.45, 7) is 2.64. The third kappa shape index (κ3) is 4.72. The maximum atomic E-state index is 11.9. The highest BCUT2D eigenvalue weighted by Gasteiger charge is 2.07. The van der Waals surface area contributed by atoms with Gasteiger partial charge >= 0.3 is 0 Å². The van der Waals surface area contributed by atoms with Crippen LogP contribution in [-0.2, 0) is 0 Å². The number of amides is 1. The Morgan fingerprint density at radius 1 is 1.35 bits per heavy atom. The van der Waals surface area contributed by atoms with Gasteiger partial charge in [-0.3, -0.25) is 4.79 Å². The van der Waals surface area contributed by atoms with Crippen molar-refractivity contribution in [2.24, 2.45) is 5.10 Å². The number of benzene rings is 2. The quantitative estimate of drug-likeness (QED) is 0.483. The predicted octanol–water partition coefficient (Wildman–Crippen LogP) is 3.47. The second kappa shape index (κ2) is 8.19. The van der Waals surface area contributed by atoms with Crippen LogP contribution >= 0.6 is 11.6 Å². The van der Waals surface area contributed by atoms with Crippen molar-refractivity contribution in [2.45, 2.75) is 13.3 Å². The minimum absolute atomic E-state index is 0.367. The van der Waals surface area contributed by atoms with Gasteiger partial charge in [0.15, 0.2) is 0 Å². The van der Waals surface area contributed by atoms with E-state index in [0.29, 0.717) is 28.6 Å². The van der Waals surface area contributed by atoms with Gasteiger partial charge in [-0.25, -0.2) is 5.43 Å². The molecule has 120 valence electrons. The molecule has 0 bridgehead atoms. The molecule has 2 aromatic carbocycles. The highest BCUT2D eigenvalue weighted by Crippen LogP contribution is 2.25. The van der Waals surface area contributed by atoms with Crippen LogP contribution in [0.4, 0.5) is 5.69 Å². The number of nitrogen functional groups attached to an aromatic ring is 1. The summed E-state index contributed by atoms with van der Waals surface area (Å²) in [5.41, 5.74) is 9.70. The molecular weight excluding hydrogens is 314 g/mol. The molecule has 1 amide bonds. The zero-order chi connectivity index (χ0) is 16.7. The van der Waals surface area contributed by atoms with Gasteiger partial charge in [-0.15, -0.1) is 0 Å². The topological polar surface area (TPSA) is 76.7 Å². The van der Waals surface area contributed by atoms with Gasteiger partial charge in [0.25, 0.3) is 5.91 Å². The molecule has 0 heterocycles. The Hall–Kier alpha value is -2.53. The van der Waals surface area contributed by atoms with Gasteiger partial charge in [0.1, 0.15) is 5.75 Å². The molecule has 0 aliphatic carbocycles. The van der Waals surface area contributed by atoms with Crippen molar-refractivity contribution in [3.05, 3.63) is 58.6 Å². The number of nitrogens with zero attached hydrogens (tertiary/aromatic N) is 1. The van der Waals surface area contributed by atoms with E-state index in [0.717, 1.165) is 12.0 Å². The van der Waals surface area contributed by atoms with Crippen LogP contribution in [-0.4, -0.2) is 18.7 Å². The second-order valence-electron chi connectivity index (χ2n) is 4.82. The summed E-state index contributed by atoms with van der Waals surface area (Å²) in [6, 6.07) is 12.1. The molecule has 0 aliphatic rings. The Kier molecular flexibility index (Phi) is 6.00. The first kappa shape index (κ1) is 16.8. The molecule has 23 heavy (non-hydrogen) atoms.